The van der Waals surface area contributed by atoms with Gasteiger partial charge in [0.15, 0.2) is 0 Å². The lowest BCUT2D eigenvalue weighted by molar-refractivity contribution is 0.413. The molecule has 0 bridgehead atoms. The van der Waals surface area contributed by atoms with E-state index in [0.29, 0.717) is 10.7 Å². The molecule has 0 aliphatic carbocycles. The third-order valence-electron chi connectivity index (χ3n) is 3.49. The monoisotopic (exact) mass is 299 g/mol. The fourth-order valence-corrected chi connectivity index (χ4v) is 2.70. The smallest absolute Gasteiger partial charge is 0.141 e. The van der Waals surface area contributed by atoms with E-state index in [0.717, 1.165) is 22.4 Å². The van der Waals surface area contributed by atoms with Gasteiger partial charge in [-0.25, -0.2) is 4.98 Å². The Labute approximate surface area is 129 Å². The van der Waals surface area contributed by atoms with Gasteiger partial charge < -0.3 is 10.3 Å². The second-order valence-electron chi connectivity index (χ2n) is 6.17. The topological polar surface area (TPSA) is 43.8 Å². The molecule has 0 aliphatic heterocycles. The van der Waals surface area contributed by atoms with Crippen LogP contribution in [0.3, 0.4) is 0 Å². The van der Waals surface area contributed by atoms with Gasteiger partial charge in [0.2, 0.25) is 0 Å². The van der Waals surface area contributed by atoms with Gasteiger partial charge >= 0.3 is 0 Å². The number of hydrogen-bond donors (Lipinski definition) is 1. The summed E-state index contributed by atoms with van der Waals surface area (Å²) in [5.74, 6) is 0.909. The van der Waals surface area contributed by atoms with Gasteiger partial charge in [-0.3, -0.25) is 0 Å². The Hall–Kier alpha value is -2.00. The number of rotatable bonds is 1. The molecule has 2 N–H and O–H groups in total. The fourth-order valence-electron chi connectivity index (χ4n) is 2.58. The number of imidazole rings is 1. The Balaban J connectivity index is 2.33. The fraction of sp³-hybridized carbons (Fsp3) is 0.235. The van der Waals surface area contributed by atoms with Crippen LogP contribution in [0, 0.1) is 0 Å². The first-order chi connectivity index (χ1) is 9.88. The number of halogens is 1. The molecule has 0 amide bonds. The van der Waals surface area contributed by atoms with Crippen molar-refractivity contribution < 1.29 is 0 Å². The first kappa shape index (κ1) is 14.0. The van der Waals surface area contributed by atoms with Crippen molar-refractivity contribution in [2.45, 2.75) is 26.3 Å². The van der Waals surface area contributed by atoms with Gasteiger partial charge in [-0.15, -0.1) is 0 Å². The van der Waals surface area contributed by atoms with Gasteiger partial charge in [0, 0.05) is 11.1 Å². The highest BCUT2D eigenvalue weighted by Crippen LogP contribution is 2.33. The summed E-state index contributed by atoms with van der Waals surface area (Å²) in [6.07, 6.45) is 0. The summed E-state index contributed by atoms with van der Waals surface area (Å²) in [6.45, 7) is 6.51. The van der Waals surface area contributed by atoms with Crippen molar-refractivity contribution in [3.05, 3.63) is 47.5 Å². The Morgan fingerprint density at radius 3 is 2.48 bits per heavy atom. The maximum atomic E-state index is 6.02. The zero-order valence-electron chi connectivity index (χ0n) is 12.4. The van der Waals surface area contributed by atoms with Gasteiger partial charge in [-0.1, -0.05) is 23.7 Å². The first-order valence-corrected chi connectivity index (χ1v) is 7.29. The maximum absolute atomic E-state index is 6.02. The Morgan fingerprint density at radius 2 is 1.81 bits per heavy atom. The lowest BCUT2D eigenvalue weighted by Gasteiger charge is -2.25. The van der Waals surface area contributed by atoms with Gasteiger partial charge in [0.1, 0.15) is 5.82 Å². The number of nitrogens with two attached hydrogens (primary N) is 1. The molecule has 0 aliphatic rings. The standard InChI is InChI=1S/C17H18ClN3/c1-17(2,3)21-15-7-5-4-6-14(15)20-16(21)11-8-9-12(18)13(19)10-11/h4-10H,19H2,1-3H3. The van der Waals surface area contributed by atoms with Crippen molar-refractivity contribution in [2.75, 3.05) is 5.73 Å². The third-order valence-corrected chi connectivity index (χ3v) is 3.83. The van der Waals surface area contributed by atoms with Gasteiger partial charge in [0.25, 0.3) is 0 Å². The van der Waals surface area contributed by atoms with E-state index < -0.39 is 0 Å². The highest BCUT2D eigenvalue weighted by Gasteiger charge is 2.22. The van der Waals surface area contributed by atoms with Crippen LogP contribution in [0.4, 0.5) is 5.69 Å². The summed E-state index contributed by atoms with van der Waals surface area (Å²) in [4.78, 5) is 4.78. The van der Waals surface area contributed by atoms with E-state index in [-0.39, 0.29) is 5.54 Å². The van der Waals surface area contributed by atoms with Crippen LogP contribution in [0.1, 0.15) is 20.8 Å². The van der Waals surface area contributed by atoms with Gasteiger partial charge in [-0.05, 0) is 51.1 Å². The van der Waals surface area contributed by atoms with Crippen molar-refractivity contribution in [1.29, 1.82) is 0 Å². The molecule has 0 fully saturated rings. The zero-order chi connectivity index (χ0) is 15.2. The average molecular weight is 300 g/mol. The number of nitrogen functional groups attached to an aromatic ring is 1. The minimum absolute atomic E-state index is 0.0835. The molecule has 3 rings (SSSR count). The summed E-state index contributed by atoms with van der Waals surface area (Å²) in [7, 11) is 0. The number of anilines is 1. The molecule has 0 saturated carbocycles. The van der Waals surface area contributed by atoms with Crippen LogP contribution in [-0.4, -0.2) is 9.55 Å². The van der Waals surface area contributed by atoms with E-state index in [1.165, 1.54) is 0 Å². The quantitative estimate of drug-likeness (QED) is 0.662. The molecule has 0 unspecified atom stereocenters. The van der Waals surface area contributed by atoms with Crippen molar-refractivity contribution in [3.63, 3.8) is 0 Å². The lowest BCUT2D eigenvalue weighted by atomic mass is 10.1. The molecule has 0 atom stereocenters. The largest absolute Gasteiger partial charge is 0.398 e. The van der Waals surface area contributed by atoms with Gasteiger partial charge in [0.05, 0.1) is 21.7 Å². The van der Waals surface area contributed by atoms with E-state index in [1.54, 1.807) is 0 Å². The van der Waals surface area contributed by atoms with E-state index in [1.807, 2.05) is 36.4 Å². The predicted octanol–water partition coefficient (Wildman–Crippen LogP) is 4.69. The minimum atomic E-state index is -0.0835. The van der Waals surface area contributed by atoms with Crippen LogP contribution in [0.15, 0.2) is 42.5 Å². The third kappa shape index (κ3) is 2.38. The zero-order valence-corrected chi connectivity index (χ0v) is 13.1. The van der Waals surface area contributed by atoms with Gasteiger partial charge in [-0.2, -0.15) is 0 Å². The highest BCUT2D eigenvalue weighted by atomic mass is 35.5. The second kappa shape index (κ2) is 4.78. The Morgan fingerprint density at radius 1 is 1.10 bits per heavy atom. The molecular weight excluding hydrogens is 282 g/mol. The SMILES string of the molecule is CC(C)(C)n1c(-c2ccc(Cl)c(N)c2)nc2ccccc21. The predicted molar refractivity (Wildman–Crippen MR) is 89.6 cm³/mol. The Kier molecular flexibility index (Phi) is 3.18. The summed E-state index contributed by atoms with van der Waals surface area (Å²) < 4.78 is 2.24. The number of nitrogens with zero attached hydrogens (tertiary/aromatic N) is 2. The molecule has 0 radical (unpaired) electrons. The van der Waals surface area contributed by atoms with Crippen LogP contribution >= 0.6 is 11.6 Å². The second-order valence-corrected chi connectivity index (χ2v) is 6.57. The molecule has 1 aromatic heterocycles. The molecule has 0 spiro atoms. The molecule has 4 heteroatoms. The van der Waals surface area contributed by atoms with Crippen LogP contribution < -0.4 is 5.73 Å². The molecule has 1 heterocycles. The number of benzene rings is 2. The lowest BCUT2D eigenvalue weighted by Crippen LogP contribution is -2.22. The van der Waals surface area contributed by atoms with E-state index in [9.17, 15) is 0 Å². The number of hydrogen-bond acceptors (Lipinski definition) is 2. The van der Waals surface area contributed by atoms with Crippen molar-refractivity contribution in [1.82, 2.24) is 9.55 Å². The summed E-state index contributed by atoms with van der Waals surface area (Å²) in [5, 5.41) is 0.567. The number of fused-ring (bicyclic) bond motifs is 1. The normalized spacial score (nSPS) is 12.0. The molecule has 3 aromatic rings. The first-order valence-electron chi connectivity index (χ1n) is 6.91. The van der Waals surface area contributed by atoms with Crippen molar-refractivity contribution in [3.8, 4) is 11.4 Å². The number of para-hydroxylation sites is 2. The summed E-state index contributed by atoms with van der Waals surface area (Å²) in [5.41, 5.74) is 9.51. The summed E-state index contributed by atoms with van der Waals surface area (Å²) >= 11 is 6.02. The molecular formula is C17H18ClN3. The molecule has 21 heavy (non-hydrogen) atoms. The van der Waals surface area contributed by atoms with Crippen molar-refractivity contribution >= 4 is 28.3 Å². The van der Waals surface area contributed by atoms with E-state index >= 15 is 0 Å². The molecule has 2 aromatic carbocycles. The van der Waals surface area contributed by atoms with E-state index in [4.69, 9.17) is 22.3 Å². The maximum Gasteiger partial charge on any atom is 0.141 e. The van der Waals surface area contributed by atoms with Crippen LogP contribution in [0.25, 0.3) is 22.4 Å². The minimum Gasteiger partial charge on any atom is -0.398 e. The number of aromatic nitrogens is 2. The molecule has 108 valence electrons. The Bertz CT molecular complexity index is 813. The van der Waals surface area contributed by atoms with E-state index in [2.05, 4.69) is 31.4 Å². The highest BCUT2D eigenvalue weighted by molar-refractivity contribution is 6.33. The summed E-state index contributed by atoms with van der Waals surface area (Å²) in [6, 6.07) is 13.8. The molecule has 0 saturated heterocycles. The van der Waals surface area contributed by atoms with Crippen LogP contribution in [-0.2, 0) is 5.54 Å². The van der Waals surface area contributed by atoms with Crippen LogP contribution in [0.5, 0.6) is 0 Å². The molecule has 3 nitrogen and oxygen atoms in total. The van der Waals surface area contributed by atoms with Crippen molar-refractivity contribution in [2.24, 2.45) is 0 Å². The average Bonchev–Trinajstić information content (AvgIpc) is 2.81. The van der Waals surface area contributed by atoms with Crippen LogP contribution in [0.2, 0.25) is 5.02 Å².